The van der Waals surface area contributed by atoms with Gasteiger partial charge in [-0.05, 0) is 37.1 Å². The summed E-state index contributed by atoms with van der Waals surface area (Å²) in [4.78, 5) is 12.5. The summed E-state index contributed by atoms with van der Waals surface area (Å²) in [5.74, 6) is 1.51. The van der Waals surface area contributed by atoms with Crippen LogP contribution in [-0.4, -0.2) is 46.9 Å². The van der Waals surface area contributed by atoms with Crippen molar-refractivity contribution < 1.29 is 17.9 Å². The third-order valence-electron chi connectivity index (χ3n) is 4.56. The molecule has 2 aromatic heterocycles. The number of pyridine rings is 1. The monoisotopic (exact) mass is 562 g/mol. The summed E-state index contributed by atoms with van der Waals surface area (Å²) in [5.41, 5.74) is 2.83. The Morgan fingerprint density at radius 3 is 2.72 bits per heavy atom. The minimum absolute atomic E-state index is 0. The van der Waals surface area contributed by atoms with E-state index in [9.17, 15) is 13.2 Å². The highest BCUT2D eigenvalue weighted by Crippen LogP contribution is 2.18. The average molecular weight is 562 g/mol. The minimum atomic E-state index is -4.40. The van der Waals surface area contributed by atoms with Crippen molar-refractivity contribution in [1.29, 1.82) is 0 Å². The first-order valence-corrected chi connectivity index (χ1v) is 9.86. The van der Waals surface area contributed by atoms with E-state index in [0.717, 1.165) is 35.4 Å². The fraction of sp³-hybridized carbons (Fsp3) is 0.381. The van der Waals surface area contributed by atoms with Crippen LogP contribution in [0.1, 0.15) is 17.8 Å². The van der Waals surface area contributed by atoms with Gasteiger partial charge in [-0.25, -0.2) is 9.97 Å². The van der Waals surface area contributed by atoms with Gasteiger partial charge in [0.15, 0.2) is 12.6 Å². The molecule has 0 aliphatic carbocycles. The van der Waals surface area contributed by atoms with E-state index in [1.165, 1.54) is 12.3 Å². The molecule has 3 aromatic rings. The number of halogens is 4. The molecule has 0 radical (unpaired) electrons. The first kappa shape index (κ1) is 25.7. The molecule has 7 nitrogen and oxygen atoms in total. The van der Waals surface area contributed by atoms with Crippen LogP contribution in [0.4, 0.5) is 13.2 Å². The number of aliphatic imine (C=N–C) groups is 1. The second-order valence-corrected chi connectivity index (χ2v) is 6.91. The number of ether oxygens (including phenoxy) is 1. The maximum absolute atomic E-state index is 12.3. The van der Waals surface area contributed by atoms with Crippen molar-refractivity contribution in [3.8, 4) is 5.88 Å². The normalized spacial score (nSPS) is 11.8. The van der Waals surface area contributed by atoms with E-state index in [1.54, 1.807) is 13.1 Å². The molecule has 2 N–H and O–H groups in total. The van der Waals surface area contributed by atoms with Crippen LogP contribution in [0.5, 0.6) is 5.88 Å². The van der Waals surface area contributed by atoms with Gasteiger partial charge in [0.05, 0.1) is 11.0 Å². The highest BCUT2D eigenvalue weighted by molar-refractivity contribution is 14.0. The molecule has 0 unspecified atom stereocenters. The van der Waals surface area contributed by atoms with Crippen molar-refractivity contribution in [1.82, 2.24) is 25.2 Å². The molecule has 0 aliphatic heterocycles. The molecule has 0 amide bonds. The number of hydrogen-bond donors (Lipinski definition) is 2. The van der Waals surface area contributed by atoms with Crippen LogP contribution in [0, 0.1) is 6.92 Å². The Labute approximate surface area is 201 Å². The first-order valence-electron chi connectivity index (χ1n) is 9.86. The van der Waals surface area contributed by atoms with Crippen LogP contribution in [0.25, 0.3) is 11.0 Å². The Hall–Kier alpha value is -2.57. The van der Waals surface area contributed by atoms with Crippen LogP contribution in [0.15, 0.2) is 47.6 Å². The molecular formula is C21H26F3IN6O. The maximum Gasteiger partial charge on any atom is 0.422 e. The molecular weight excluding hydrogens is 536 g/mol. The van der Waals surface area contributed by atoms with Gasteiger partial charge in [-0.2, -0.15) is 13.2 Å². The van der Waals surface area contributed by atoms with Crippen LogP contribution in [0.2, 0.25) is 0 Å². The zero-order valence-electron chi connectivity index (χ0n) is 17.8. The largest absolute Gasteiger partial charge is 0.468 e. The standard InChI is InChI=1S/C21H25F3N6O.HI/c1-15-29-17-6-3-4-7-18(17)30(15)11-5-9-27-20(25-2)28-13-16-8-10-26-19(12-16)31-14-21(22,23)24;/h3-4,6-8,10,12H,5,9,11,13-14H2,1-2H3,(H2,25,27,28);1H. The molecule has 0 atom stereocenters. The Morgan fingerprint density at radius 2 is 1.97 bits per heavy atom. The number of alkyl halides is 3. The van der Waals surface area contributed by atoms with Crippen molar-refractivity contribution in [3.05, 3.63) is 54.0 Å². The average Bonchev–Trinajstić information content (AvgIpc) is 3.06. The quantitative estimate of drug-likeness (QED) is 0.188. The molecule has 11 heteroatoms. The van der Waals surface area contributed by atoms with Crippen LogP contribution in [0.3, 0.4) is 0 Å². The van der Waals surface area contributed by atoms with Crippen molar-refractivity contribution in [2.24, 2.45) is 4.99 Å². The summed E-state index contributed by atoms with van der Waals surface area (Å²) in [6.07, 6.45) is -2.12. The van der Waals surface area contributed by atoms with Gasteiger partial charge >= 0.3 is 6.18 Å². The molecule has 32 heavy (non-hydrogen) atoms. The second-order valence-electron chi connectivity index (χ2n) is 6.91. The lowest BCUT2D eigenvalue weighted by molar-refractivity contribution is -0.154. The predicted octanol–water partition coefficient (Wildman–Crippen LogP) is 4.05. The van der Waals surface area contributed by atoms with Gasteiger partial charge in [-0.15, -0.1) is 24.0 Å². The minimum Gasteiger partial charge on any atom is -0.468 e. The van der Waals surface area contributed by atoms with Crippen molar-refractivity contribution >= 4 is 41.0 Å². The second kappa shape index (κ2) is 11.9. The maximum atomic E-state index is 12.3. The van der Waals surface area contributed by atoms with Gasteiger partial charge in [-0.1, -0.05) is 12.1 Å². The van der Waals surface area contributed by atoms with E-state index in [-0.39, 0.29) is 29.9 Å². The zero-order valence-corrected chi connectivity index (χ0v) is 20.1. The molecule has 3 rings (SSSR count). The van der Waals surface area contributed by atoms with Gasteiger partial charge in [0.2, 0.25) is 5.88 Å². The number of aryl methyl sites for hydroxylation is 2. The number of benzene rings is 1. The fourth-order valence-corrected chi connectivity index (χ4v) is 3.12. The molecule has 0 aliphatic rings. The van der Waals surface area contributed by atoms with Crippen LogP contribution in [-0.2, 0) is 13.1 Å². The van der Waals surface area contributed by atoms with E-state index in [1.807, 2.05) is 25.1 Å². The topological polar surface area (TPSA) is 76.4 Å². The molecule has 0 saturated heterocycles. The van der Waals surface area contributed by atoms with Crippen LogP contribution >= 0.6 is 24.0 Å². The van der Waals surface area contributed by atoms with Gasteiger partial charge in [0.25, 0.3) is 0 Å². The zero-order chi connectivity index (χ0) is 22.3. The van der Waals surface area contributed by atoms with Gasteiger partial charge < -0.3 is 19.9 Å². The molecule has 1 aromatic carbocycles. The Kier molecular flexibility index (Phi) is 9.54. The number of nitrogens with one attached hydrogen (secondary N) is 2. The lowest BCUT2D eigenvalue weighted by Gasteiger charge is -2.13. The van der Waals surface area contributed by atoms with Crippen molar-refractivity contribution in [2.75, 3.05) is 20.2 Å². The third kappa shape index (κ3) is 7.53. The Balaban J connectivity index is 0.00000363. The number of hydrogen-bond acceptors (Lipinski definition) is 4. The van der Waals surface area contributed by atoms with E-state index < -0.39 is 12.8 Å². The summed E-state index contributed by atoms with van der Waals surface area (Å²) in [6, 6.07) is 11.2. The SMILES string of the molecule is CN=C(NCCCn1c(C)nc2ccccc21)NCc1ccnc(OCC(F)(F)F)c1.I. The number of aromatic nitrogens is 3. The molecule has 0 saturated carbocycles. The first-order chi connectivity index (χ1) is 14.9. The summed E-state index contributed by atoms with van der Waals surface area (Å²) >= 11 is 0. The van der Waals surface area contributed by atoms with Gasteiger partial charge in [0.1, 0.15) is 5.82 Å². The predicted molar refractivity (Wildman–Crippen MR) is 128 cm³/mol. The summed E-state index contributed by atoms with van der Waals surface area (Å²) < 4.78 is 43.7. The van der Waals surface area contributed by atoms with E-state index in [2.05, 4.69) is 41.0 Å². The number of fused-ring (bicyclic) bond motifs is 1. The molecule has 0 spiro atoms. The Bertz CT molecular complexity index is 1040. The lowest BCUT2D eigenvalue weighted by Crippen LogP contribution is -2.37. The molecule has 0 fully saturated rings. The smallest absolute Gasteiger partial charge is 0.422 e. The lowest BCUT2D eigenvalue weighted by atomic mass is 10.2. The number of guanidine groups is 1. The summed E-state index contributed by atoms with van der Waals surface area (Å²) in [7, 11) is 1.66. The molecule has 2 heterocycles. The van der Waals surface area contributed by atoms with Crippen LogP contribution < -0.4 is 15.4 Å². The van der Waals surface area contributed by atoms with E-state index in [4.69, 9.17) is 0 Å². The van der Waals surface area contributed by atoms with Gasteiger partial charge in [0, 0.05) is 38.9 Å². The molecule has 174 valence electrons. The fourth-order valence-electron chi connectivity index (χ4n) is 3.12. The Morgan fingerprint density at radius 1 is 1.19 bits per heavy atom. The van der Waals surface area contributed by atoms with Gasteiger partial charge in [-0.3, -0.25) is 4.99 Å². The van der Waals surface area contributed by atoms with Crippen molar-refractivity contribution in [3.63, 3.8) is 0 Å². The number of nitrogens with zero attached hydrogens (tertiary/aromatic N) is 4. The summed E-state index contributed by atoms with van der Waals surface area (Å²) in [6.45, 7) is 2.51. The van der Waals surface area contributed by atoms with Crippen molar-refractivity contribution in [2.45, 2.75) is 32.6 Å². The third-order valence-corrected chi connectivity index (χ3v) is 4.56. The highest BCUT2D eigenvalue weighted by atomic mass is 127. The number of imidazole rings is 1. The highest BCUT2D eigenvalue weighted by Gasteiger charge is 2.28. The van der Waals surface area contributed by atoms with E-state index >= 15 is 0 Å². The van der Waals surface area contributed by atoms with E-state index in [0.29, 0.717) is 19.0 Å². The summed E-state index contributed by atoms with van der Waals surface area (Å²) in [5, 5.41) is 6.37. The number of rotatable bonds is 8. The number of para-hydroxylation sites is 2. The molecule has 0 bridgehead atoms.